The predicted octanol–water partition coefficient (Wildman–Crippen LogP) is 1.67. The van der Waals surface area contributed by atoms with E-state index in [0.717, 1.165) is 37.2 Å². The Morgan fingerprint density at radius 2 is 2.10 bits per heavy atom. The molecule has 0 bridgehead atoms. The quantitative estimate of drug-likeness (QED) is 0.879. The lowest BCUT2D eigenvalue weighted by atomic mass is 10.1. The highest BCUT2D eigenvalue weighted by atomic mass is 16.1. The number of nitrogens with two attached hydrogens (primary N) is 1. The van der Waals surface area contributed by atoms with Gasteiger partial charge in [-0.3, -0.25) is 9.78 Å². The molecule has 0 unspecified atom stereocenters. The van der Waals surface area contributed by atoms with Gasteiger partial charge in [0.2, 0.25) is 5.95 Å². The zero-order valence-electron chi connectivity index (χ0n) is 12.2. The molecule has 1 saturated heterocycles. The van der Waals surface area contributed by atoms with E-state index in [0.29, 0.717) is 11.5 Å². The molecule has 2 aromatic rings. The van der Waals surface area contributed by atoms with E-state index in [9.17, 15) is 4.79 Å². The van der Waals surface area contributed by atoms with Gasteiger partial charge in [-0.15, -0.1) is 0 Å². The predicted molar refractivity (Wildman–Crippen MR) is 84.5 cm³/mol. The van der Waals surface area contributed by atoms with E-state index in [2.05, 4.69) is 14.9 Å². The van der Waals surface area contributed by atoms with Gasteiger partial charge in [0.15, 0.2) is 0 Å². The van der Waals surface area contributed by atoms with E-state index < -0.39 is 0 Å². The Bertz CT molecular complexity index is 680. The maximum Gasteiger partial charge on any atom is 0.260 e. The van der Waals surface area contributed by atoms with Crippen LogP contribution in [-0.2, 0) is 0 Å². The van der Waals surface area contributed by atoms with E-state index in [1.54, 1.807) is 0 Å². The third-order valence-electron chi connectivity index (χ3n) is 3.91. The fraction of sp³-hybridized carbons (Fsp3) is 0.375. The number of hydrogen-bond donors (Lipinski definition) is 2. The second-order valence-corrected chi connectivity index (χ2v) is 5.56. The third kappa shape index (κ3) is 2.83. The molecule has 5 nitrogen and oxygen atoms in total. The molecule has 1 aromatic carbocycles. The molecule has 1 aliphatic rings. The molecule has 1 aliphatic heterocycles. The van der Waals surface area contributed by atoms with Gasteiger partial charge in [0, 0.05) is 19.1 Å². The van der Waals surface area contributed by atoms with Crippen LogP contribution in [-0.4, -0.2) is 29.1 Å². The van der Waals surface area contributed by atoms with Crippen molar-refractivity contribution in [2.45, 2.75) is 25.8 Å². The fourth-order valence-corrected chi connectivity index (χ4v) is 2.87. The van der Waals surface area contributed by atoms with Gasteiger partial charge in [-0.1, -0.05) is 30.3 Å². The summed E-state index contributed by atoms with van der Waals surface area (Å²) in [6.07, 6.45) is 2.06. The van der Waals surface area contributed by atoms with E-state index in [-0.39, 0.29) is 11.6 Å². The summed E-state index contributed by atoms with van der Waals surface area (Å²) in [5.74, 6) is 0.632. The van der Waals surface area contributed by atoms with Crippen molar-refractivity contribution in [2.75, 3.05) is 18.0 Å². The summed E-state index contributed by atoms with van der Waals surface area (Å²) in [7, 11) is 0. The summed E-state index contributed by atoms with van der Waals surface area (Å²) in [5, 5.41) is 0. The molecule has 0 amide bonds. The zero-order chi connectivity index (χ0) is 14.8. The number of nitrogens with zero attached hydrogens (tertiary/aromatic N) is 2. The van der Waals surface area contributed by atoms with Crippen LogP contribution in [0.15, 0.2) is 35.1 Å². The number of benzene rings is 1. The molecule has 0 saturated carbocycles. The molecule has 0 aliphatic carbocycles. The SMILES string of the molecule is Cc1nc(N2CCC[C@@H](N)C2)[nH]c(=O)c1-c1ccccc1. The number of hydrogen-bond acceptors (Lipinski definition) is 4. The minimum absolute atomic E-state index is 0.0946. The first kappa shape index (κ1) is 13.8. The fourth-order valence-electron chi connectivity index (χ4n) is 2.87. The van der Waals surface area contributed by atoms with Crippen LogP contribution in [0.3, 0.4) is 0 Å². The maximum atomic E-state index is 12.4. The molecular formula is C16H20N4O. The lowest BCUT2D eigenvalue weighted by molar-refractivity contribution is 0.499. The number of aryl methyl sites for hydroxylation is 1. The number of H-pyrrole nitrogens is 1. The minimum Gasteiger partial charge on any atom is -0.341 e. The molecule has 1 atom stereocenters. The van der Waals surface area contributed by atoms with E-state index in [4.69, 9.17) is 5.73 Å². The Kier molecular flexibility index (Phi) is 3.75. The molecule has 21 heavy (non-hydrogen) atoms. The van der Waals surface area contributed by atoms with Gasteiger partial charge in [-0.2, -0.15) is 0 Å². The Labute approximate surface area is 123 Å². The van der Waals surface area contributed by atoms with Crippen LogP contribution in [0.1, 0.15) is 18.5 Å². The summed E-state index contributed by atoms with van der Waals surface area (Å²) in [6, 6.07) is 9.78. The van der Waals surface area contributed by atoms with Crippen LogP contribution >= 0.6 is 0 Å². The molecule has 3 rings (SSSR count). The highest BCUT2D eigenvalue weighted by Crippen LogP contribution is 2.20. The summed E-state index contributed by atoms with van der Waals surface area (Å²) in [5.41, 5.74) is 8.19. The van der Waals surface area contributed by atoms with Crippen molar-refractivity contribution in [1.82, 2.24) is 9.97 Å². The normalized spacial score (nSPS) is 18.8. The number of aromatic amines is 1. The van der Waals surface area contributed by atoms with Gasteiger partial charge in [-0.05, 0) is 25.3 Å². The molecule has 1 fully saturated rings. The summed E-state index contributed by atoms with van der Waals surface area (Å²) in [4.78, 5) is 22.0. The Hall–Kier alpha value is -2.14. The van der Waals surface area contributed by atoms with Crippen molar-refractivity contribution in [3.8, 4) is 11.1 Å². The van der Waals surface area contributed by atoms with Gasteiger partial charge in [0.05, 0.1) is 11.3 Å². The number of rotatable bonds is 2. The summed E-state index contributed by atoms with van der Waals surface area (Å²) >= 11 is 0. The number of nitrogens with one attached hydrogen (secondary N) is 1. The van der Waals surface area contributed by atoms with Crippen LogP contribution in [0, 0.1) is 6.92 Å². The summed E-state index contributed by atoms with van der Waals surface area (Å²) in [6.45, 7) is 3.51. The largest absolute Gasteiger partial charge is 0.341 e. The number of aromatic nitrogens is 2. The second kappa shape index (κ2) is 5.69. The second-order valence-electron chi connectivity index (χ2n) is 5.56. The number of anilines is 1. The smallest absolute Gasteiger partial charge is 0.260 e. The number of piperidine rings is 1. The van der Waals surface area contributed by atoms with Gasteiger partial charge in [0.25, 0.3) is 5.56 Å². The first-order valence-electron chi connectivity index (χ1n) is 7.32. The van der Waals surface area contributed by atoms with Gasteiger partial charge in [-0.25, -0.2) is 4.98 Å². The van der Waals surface area contributed by atoms with Crippen LogP contribution in [0.2, 0.25) is 0 Å². The average molecular weight is 284 g/mol. The van der Waals surface area contributed by atoms with Crippen molar-refractivity contribution < 1.29 is 0 Å². The monoisotopic (exact) mass is 284 g/mol. The molecule has 0 radical (unpaired) electrons. The lowest BCUT2D eigenvalue weighted by Gasteiger charge is -2.31. The average Bonchev–Trinajstić information content (AvgIpc) is 2.47. The zero-order valence-corrected chi connectivity index (χ0v) is 12.2. The summed E-state index contributed by atoms with van der Waals surface area (Å²) < 4.78 is 0. The van der Waals surface area contributed by atoms with E-state index in [1.165, 1.54) is 0 Å². The van der Waals surface area contributed by atoms with E-state index in [1.807, 2.05) is 37.3 Å². The molecular weight excluding hydrogens is 264 g/mol. The highest BCUT2D eigenvalue weighted by molar-refractivity contribution is 5.65. The van der Waals surface area contributed by atoms with Crippen LogP contribution in [0.25, 0.3) is 11.1 Å². The van der Waals surface area contributed by atoms with Crippen molar-refractivity contribution in [3.63, 3.8) is 0 Å². The van der Waals surface area contributed by atoms with Gasteiger partial charge >= 0.3 is 0 Å². The van der Waals surface area contributed by atoms with Crippen LogP contribution in [0.5, 0.6) is 0 Å². The minimum atomic E-state index is -0.0946. The first-order valence-corrected chi connectivity index (χ1v) is 7.32. The van der Waals surface area contributed by atoms with Crippen LogP contribution in [0.4, 0.5) is 5.95 Å². The topological polar surface area (TPSA) is 75.0 Å². The molecule has 110 valence electrons. The molecule has 2 heterocycles. The Balaban J connectivity index is 1.99. The molecule has 0 spiro atoms. The Morgan fingerprint density at radius 1 is 1.33 bits per heavy atom. The van der Waals surface area contributed by atoms with Crippen molar-refractivity contribution in [1.29, 1.82) is 0 Å². The molecule has 3 N–H and O–H groups in total. The third-order valence-corrected chi connectivity index (χ3v) is 3.91. The van der Waals surface area contributed by atoms with Crippen molar-refractivity contribution in [2.24, 2.45) is 5.73 Å². The van der Waals surface area contributed by atoms with Gasteiger partial charge < -0.3 is 10.6 Å². The molecule has 5 heteroatoms. The highest BCUT2D eigenvalue weighted by Gasteiger charge is 2.20. The van der Waals surface area contributed by atoms with Crippen molar-refractivity contribution >= 4 is 5.95 Å². The maximum absolute atomic E-state index is 12.4. The van der Waals surface area contributed by atoms with Crippen molar-refractivity contribution in [3.05, 3.63) is 46.4 Å². The van der Waals surface area contributed by atoms with E-state index >= 15 is 0 Å². The lowest BCUT2D eigenvalue weighted by Crippen LogP contribution is -2.44. The Morgan fingerprint density at radius 3 is 2.76 bits per heavy atom. The standard InChI is InChI=1S/C16H20N4O/c1-11-14(12-6-3-2-4-7-12)15(21)19-16(18-11)20-9-5-8-13(17)10-20/h2-4,6-7,13H,5,8-10,17H2,1H3,(H,18,19,21)/t13-/m1/s1. The van der Waals surface area contributed by atoms with Gasteiger partial charge in [0.1, 0.15) is 0 Å². The first-order chi connectivity index (χ1) is 10.1. The van der Waals surface area contributed by atoms with Crippen LogP contribution < -0.4 is 16.2 Å². The molecule has 1 aromatic heterocycles.